The highest BCUT2D eigenvalue weighted by atomic mass is 16.5. The van der Waals surface area contributed by atoms with Gasteiger partial charge in [0, 0.05) is 31.7 Å². The van der Waals surface area contributed by atoms with Crippen LogP contribution in [0.25, 0.3) is 0 Å². The molecule has 3 rings (SSSR count). The lowest BCUT2D eigenvalue weighted by molar-refractivity contribution is 0.242. The van der Waals surface area contributed by atoms with Crippen LogP contribution in [0.2, 0.25) is 0 Å². The number of methoxy groups -OCH3 is 1. The molecule has 26 heavy (non-hydrogen) atoms. The fourth-order valence-corrected chi connectivity index (χ4v) is 4.23. The summed E-state index contributed by atoms with van der Waals surface area (Å²) in [7, 11) is 1.71. The summed E-state index contributed by atoms with van der Waals surface area (Å²) in [5.74, 6) is 1.86. The quantitative estimate of drug-likeness (QED) is 0.606. The van der Waals surface area contributed by atoms with Crippen molar-refractivity contribution in [2.24, 2.45) is 4.99 Å². The normalized spacial score (nSPS) is 22.0. The second kappa shape index (κ2) is 9.26. The van der Waals surface area contributed by atoms with Gasteiger partial charge in [-0.3, -0.25) is 4.90 Å². The Balaban J connectivity index is 1.56. The van der Waals surface area contributed by atoms with Gasteiger partial charge in [0.15, 0.2) is 5.96 Å². The van der Waals surface area contributed by atoms with E-state index in [1.807, 2.05) is 6.07 Å². The Kier molecular flexibility index (Phi) is 6.78. The number of likely N-dealkylation sites (tertiary alicyclic amines) is 1. The second-order valence-electron chi connectivity index (χ2n) is 7.56. The van der Waals surface area contributed by atoms with Crippen LogP contribution in [0, 0.1) is 6.92 Å². The lowest BCUT2D eigenvalue weighted by atomic mass is 10.1. The molecule has 1 aliphatic heterocycles. The van der Waals surface area contributed by atoms with Crippen molar-refractivity contribution >= 4 is 5.96 Å². The Hall–Kier alpha value is -1.75. The van der Waals surface area contributed by atoms with E-state index in [1.165, 1.54) is 44.2 Å². The summed E-state index contributed by atoms with van der Waals surface area (Å²) in [6.45, 7) is 8.13. The van der Waals surface area contributed by atoms with E-state index < -0.39 is 0 Å². The van der Waals surface area contributed by atoms with E-state index in [2.05, 4.69) is 41.5 Å². The van der Waals surface area contributed by atoms with Crippen LogP contribution in [0.15, 0.2) is 23.2 Å². The average molecular weight is 359 g/mol. The predicted octanol–water partition coefficient (Wildman–Crippen LogP) is 3.08. The number of hydrogen-bond donors (Lipinski definition) is 2. The first kappa shape index (κ1) is 19.0. The van der Waals surface area contributed by atoms with E-state index in [9.17, 15) is 0 Å². The Labute approximate surface area is 158 Å². The topological polar surface area (TPSA) is 48.9 Å². The summed E-state index contributed by atoms with van der Waals surface area (Å²) in [6.07, 6.45) is 6.80. The molecule has 0 spiro atoms. The van der Waals surface area contributed by atoms with Crippen LogP contribution in [-0.2, 0) is 6.54 Å². The van der Waals surface area contributed by atoms with Crippen LogP contribution in [0.3, 0.4) is 0 Å². The van der Waals surface area contributed by atoms with E-state index in [4.69, 9.17) is 9.73 Å². The SMILES string of the molecule is CCNC(=NCc1ccc(OC)c(C)c1)NC1CCN(C2CCCC2)C1. The number of rotatable bonds is 6. The number of benzene rings is 1. The van der Waals surface area contributed by atoms with Crippen molar-refractivity contribution in [3.63, 3.8) is 0 Å². The van der Waals surface area contributed by atoms with Gasteiger partial charge < -0.3 is 15.4 Å². The molecule has 2 aliphatic rings. The average Bonchev–Trinajstić information content (AvgIpc) is 3.31. The van der Waals surface area contributed by atoms with Gasteiger partial charge in [-0.15, -0.1) is 0 Å². The highest BCUT2D eigenvalue weighted by molar-refractivity contribution is 5.80. The van der Waals surface area contributed by atoms with Gasteiger partial charge >= 0.3 is 0 Å². The van der Waals surface area contributed by atoms with Crippen molar-refractivity contribution < 1.29 is 4.74 Å². The molecule has 1 atom stereocenters. The molecular weight excluding hydrogens is 324 g/mol. The van der Waals surface area contributed by atoms with Crippen LogP contribution in [0.5, 0.6) is 5.75 Å². The fourth-order valence-electron chi connectivity index (χ4n) is 4.23. The molecule has 1 saturated carbocycles. The molecule has 1 unspecified atom stereocenters. The standard InChI is InChI=1S/C21H34N4O/c1-4-22-21(23-14-17-9-10-20(26-3)16(2)13-17)24-18-11-12-25(15-18)19-7-5-6-8-19/h9-10,13,18-19H,4-8,11-12,14-15H2,1-3H3,(H2,22,23,24). The largest absolute Gasteiger partial charge is 0.496 e. The minimum Gasteiger partial charge on any atom is -0.496 e. The van der Waals surface area contributed by atoms with Crippen molar-refractivity contribution in [1.29, 1.82) is 0 Å². The molecule has 0 aromatic heterocycles. The number of hydrogen-bond acceptors (Lipinski definition) is 3. The molecule has 1 saturated heterocycles. The molecule has 0 bridgehead atoms. The maximum Gasteiger partial charge on any atom is 0.191 e. The van der Waals surface area contributed by atoms with Gasteiger partial charge in [-0.2, -0.15) is 0 Å². The van der Waals surface area contributed by atoms with Gasteiger partial charge in [-0.25, -0.2) is 4.99 Å². The number of nitrogens with one attached hydrogen (secondary N) is 2. The van der Waals surface area contributed by atoms with Crippen LogP contribution in [-0.4, -0.2) is 49.7 Å². The third-order valence-electron chi connectivity index (χ3n) is 5.62. The fraction of sp³-hybridized carbons (Fsp3) is 0.667. The van der Waals surface area contributed by atoms with Gasteiger partial charge in [0.1, 0.15) is 5.75 Å². The third kappa shape index (κ3) is 4.91. The van der Waals surface area contributed by atoms with E-state index in [-0.39, 0.29) is 0 Å². The zero-order valence-corrected chi connectivity index (χ0v) is 16.6. The van der Waals surface area contributed by atoms with E-state index in [1.54, 1.807) is 7.11 Å². The molecule has 1 aromatic carbocycles. The lowest BCUT2D eigenvalue weighted by Crippen LogP contribution is -2.45. The van der Waals surface area contributed by atoms with Gasteiger partial charge in [0.2, 0.25) is 0 Å². The number of ether oxygens (including phenoxy) is 1. The number of aliphatic imine (C=N–C) groups is 1. The van der Waals surface area contributed by atoms with Crippen molar-refractivity contribution in [2.45, 2.75) is 64.6 Å². The first-order chi connectivity index (χ1) is 12.7. The summed E-state index contributed by atoms with van der Waals surface area (Å²) in [5, 5.41) is 7.05. The lowest BCUT2D eigenvalue weighted by Gasteiger charge is -2.24. The molecule has 1 aliphatic carbocycles. The van der Waals surface area contributed by atoms with Gasteiger partial charge in [-0.1, -0.05) is 25.0 Å². The number of aryl methyl sites for hydroxylation is 1. The van der Waals surface area contributed by atoms with E-state index >= 15 is 0 Å². The molecule has 0 radical (unpaired) electrons. The summed E-state index contributed by atoms with van der Waals surface area (Å²) in [4.78, 5) is 7.48. The smallest absolute Gasteiger partial charge is 0.191 e. The molecule has 2 fully saturated rings. The maximum absolute atomic E-state index is 5.34. The summed E-state index contributed by atoms with van der Waals surface area (Å²) in [6, 6.07) is 7.60. The van der Waals surface area contributed by atoms with Crippen molar-refractivity contribution in [3.05, 3.63) is 29.3 Å². The van der Waals surface area contributed by atoms with Gasteiger partial charge in [-0.05, 0) is 50.3 Å². The highest BCUT2D eigenvalue weighted by Crippen LogP contribution is 2.26. The highest BCUT2D eigenvalue weighted by Gasteiger charge is 2.30. The van der Waals surface area contributed by atoms with Crippen LogP contribution < -0.4 is 15.4 Å². The monoisotopic (exact) mass is 358 g/mol. The second-order valence-corrected chi connectivity index (χ2v) is 7.56. The molecule has 0 amide bonds. The third-order valence-corrected chi connectivity index (χ3v) is 5.62. The Morgan fingerprint density at radius 3 is 2.77 bits per heavy atom. The molecule has 5 heteroatoms. The van der Waals surface area contributed by atoms with Crippen molar-refractivity contribution in [3.8, 4) is 5.75 Å². The van der Waals surface area contributed by atoms with Gasteiger partial charge in [0.05, 0.1) is 13.7 Å². The Bertz CT molecular complexity index is 610. The predicted molar refractivity (Wildman–Crippen MR) is 108 cm³/mol. The molecule has 144 valence electrons. The molecule has 5 nitrogen and oxygen atoms in total. The summed E-state index contributed by atoms with van der Waals surface area (Å²) in [5.41, 5.74) is 2.36. The summed E-state index contributed by atoms with van der Waals surface area (Å²) >= 11 is 0. The van der Waals surface area contributed by atoms with E-state index in [0.717, 1.165) is 36.4 Å². The zero-order valence-electron chi connectivity index (χ0n) is 16.6. The van der Waals surface area contributed by atoms with Crippen LogP contribution >= 0.6 is 0 Å². The zero-order chi connectivity index (χ0) is 18.4. The summed E-state index contributed by atoms with van der Waals surface area (Å²) < 4.78 is 5.34. The Morgan fingerprint density at radius 2 is 2.08 bits per heavy atom. The van der Waals surface area contributed by atoms with Crippen molar-refractivity contribution in [1.82, 2.24) is 15.5 Å². The Morgan fingerprint density at radius 1 is 1.27 bits per heavy atom. The minimum atomic E-state index is 0.506. The first-order valence-electron chi connectivity index (χ1n) is 10.1. The maximum atomic E-state index is 5.34. The molecular formula is C21H34N4O. The van der Waals surface area contributed by atoms with E-state index in [0.29, 0.717) is 12.6 Å². The molecule has 1 heterocycles. The first-order valence-corrected chi connectivity index (χ1v) is 10.1. The van der Waals surface area contributed by atoms with Crippen LogP contribution in [0.1, 0.15) is 50.2 Å². The van der Waals surface area contributed by atoms with Gasteiger partial charge in [0.25, 0.3) is 0 Å². The number of guanidine groups is 1. The van der Waals surface area contributed by atoms with Crippen molar-refractivity contribution in [2.75, 3.05) is 26.7 Å². The van der Waals surface area contributed by atoms with Crippen LogP contribution in [0.4, 0.5) is 0 Å². The molecule has 1 aromatic rings. The molecule has 2 N–H and O–H groups in total. The minimum absolute atomic E-state index is 0.506. The number of nitrogens with zero attached hydrogens (tertiary/aromatic N) is 2.